The maximum atomic E-state index is 13.8. The van der Waals surface area contributed by atoms with E-state index in [1.807, 2.05) is 19.2 Å². The van der Waals surface area contributed by atoms with Gasteiger partial charge in [0.05, 0.1) is 11.4 Å². The van der Waals surface area contributed by atoms with Crippen LogP contribution in [-0.4, -0.2) is 16.1 Å². The van der Waals surface area contributed by atoms with E-state index < -0.39 is 0 Å². The predicted octanol–water partition coefficient (Wildman–Crippen LogP) is 3.53. The summed E-state index contributed by atoms with van der Waals surface area (Å²) in [6, 6.07) is 6.72. The third kappa shape index (κ3) is 2.70. The van der Waals surface area contributed by atoms with E-state index in [9.17, 15) is 4.39 Å². The van der Waals surface area contributed by atoms with Crippen molar-refractivity contribution in [1.29, 1.82) is 0 Å². The van der Waals surface area contributed by atoms with Crippen LogP contribution in [0.5, 0.6) is 0 Å². The average Bonchev–Trinajstić information content (AvgIpc) is 2.71. The van der Waals surface area contributed by atoms with E-state index in [4.69, 9.17) is 0 Å². The second kappa shape index (κ2) is 5.67. The molecule has 1 N–H and O–H groups in total. The molecule has 0 saturated carbocycles. The zero-order valence-corrected chi connectivity index (χ0v) is 10.8. The van der Waals surface area contributed by atoms with E-state index in [0.29, 0.717) is 11.6 Å². The maximum Gasteiger partial charge on any atom is 0.207 e. The van der Waals surface area contributed by atoms with Gasteiger partial charge >= 0.3 is 0 Å². The summed E-state index contributed by atoms with van der Waals surface area (Å²) < 4.78 is 15.5. The highest BCUT2D eigenvalue weighted by molar-refractivity contribution is 5.43. The van der Waals surface area contributed by atoms with Gasteiger partial charge < -0.3 is 5.32 Å². The number of unbranched alkanes of at least 4 members (excludes halogenated alkanes) is 1. The number of anilines is 1. The molecule has 0 aliphatic heterocycles. The minimum atomic E-state index is -0.242. The van der Waals surface area contributed by atoms with Crippen LogP contribution in [0.2, 0.25) is 0 Å². The van der Waals surface area contributed by atoms with Crippen LogP contribution in [0.3, 0.4) is 0 Å². The summed E-state index contributed by atoms with van der Waals surface area (Å²) in [7, 11) is 0. The number of imidazole rings is 1. The highest BCUT2D eigenvalue weighted by Gasteiger charge is 2.10. The highest BCUT2D eigenvalue weighted by Crippen LogP contribution is 2.19. The Morgan fingerprint density at radius 2 is 2.11 bits per heavy atom. The fraction of sp³-hybridized carbons (Fsp3) is 0.357. The molecule has 18 heavy (non-hydrogen) atoms. The highest BCUT2D eigenvalue weighted by atomic mass is 19.1. The van der Waals surface area contributed by atoms with E-state index in [-0.39, 0.29) is 5.82 Å². The van der Waals surface area contributed by atoms with Gasteiger partial charge in [0.1, 0.15) is 5.82 Å². The Kier molecular flexibility index (Phi) is 3.97. The second-order valence-corrected chi connectivity index (χ2v) is 4.31. The molecule has 0 spiro atoms. The van der Waals surface area contributed by atoms with Crippen LogP contribution in [0, 0.1) is 12.7 Å². The minimum absolute atomic E-state index is 0.242. The number of aromatic nitrogens is 2. The van der Waals surface area contributed by atoms with Gasteiger partial charge in [0, 0.05) is 12.7 Å². The molecule has 0 radical (unpaired) electrons. The van der Waals surface area contributed by atoms with Crippen molar-refractivity contribution in [3.05, 3.63) is 42.0 Å². The van der Waals surface area contributed by atoms with E-state index in [0.717, 1.165) is 25.1 Å². The van der Waals surface area contributed by atoms with Crippen molar-refractivity contribution < 1.29 is 4.39 Å². The Hall–Kier alpha value is -1.84. The van der Waals surface area contributed by atoms with Crippen molar-refractivity contribution in [2.24, 2.45) is 0 Å². The van der Waals surface area contributed by atoms with Gasteiger partial charge in [-0.25, -0.2) is 9.37 Å². The smallest absolute Gasteiger partial charge is 0.207 e. The van der Waals surface area contributed by atoms with Crippen molar-refractivity contribution in [2.45, 2.75) is 26.7 Å². The van der Waals surface area contributed by atoms with Crippen molar-refractivity contribution >= 4 is 5.95 Å². The number of hydrogen-bond acceptors (Lipinski definition) is 2. The van der Waals surface area contributed by atoms with E-state index >= 15 is 0 Å². The van der Waals surface area contributed by atoms with Crippen LogP contribution >= 0.6 is 0 Å². The number of aryl methyl sites for hydroxylation is 1. The van der Waals surface area contributed by atoms with Crippen LogP contribution in [0.1, 0.15) is 25.5 Å². The fourth-order valence-electron chi connectivity index (χ4n) is 1.83. The Bertz CT molecular complexity index is 520. The Morgan fingerprint density at radius 3 is 2.83 bits per heavy atom. The third-order valence-corrected chi connectivity index (χ3v) is 2.75. The summed E-state index contributed by atoms with van der Waals surface area (Å²) in [5, 5.41) is 3.25. The molecule has 1 aromatic carbocycles. The lowest BCUT2D eigenvalue weighted by Crippen LogP contribution is -2.08. The van der Waals surface area contributed by atoms with Gasteiger partial charge in [-0.3, -0.25) is 4.57 Å². The van der Waals surface area contributed by atoms with Crippen molar-refractivity contribution in [1.82, 2.24) is 9.55 Å². The van der Waals surface area contributed by atoms with Gasteiger partial charge in [0.2, 0.25) is 5.95 Å². The molecule has 4 heteroatoms. The summed E-state index contributed by atoms with van der Waals surface area (Å²) in [5.41, 5.74) is 1.40. The molecule has 0 aliphatic carbocycles. The summed E-state index contributed by atoms with van der Waals surface area (Å²) in [6.45, 7) is 4.89. The van der Waals surface area contributed by atoms with Gasteiger partial charge in [-0.05, 0) is 25.5 Å². The minimum Gasteiger partial charge on any atom is -0.355 e. The average molecular weight is 247 g/mol. The Labute approximate surface area is 107 Å². The normalized spacial score (nSPS) is 10.6. The molecular formula is C14H18FN3. The van der Waals surface area contributed by atoms with Crippen molar-refractivity contribution in [3.8, 4) is 5.69 Å². The number of halogens is 1. The maximum absolute atomic E-state index is 13.8. The molecule has 0 atom stereocenters. The predicted molar refractivity (Wildman–Crippen MR) is 71.7 cm³/mol. The lowest BCUT2D eigenvalue weighted by atomic mass is 10.3. The molecule has 1 heterocycles. The van der Waals surface area contributed by atoms with Gasteiger partial charge in [0.15, 0.2) is 0 Å². The first-order valence-electron chi connectivity index (χ1n) is 6.27. The monoisotopic (exact) mass is 247 g/mol. The lowest BCUT2D eigenvalue weighted by Gasteiger charge is -2.09. The van der Waals surface area contributed by atoms with E-state index in [1.165, 1.54) is 6.07 Å². The molecule has 0 aliphatic rings. The van der Waals surface area contributed by atoms with Crippen LogP contribution in [0.15, 0.2) is 30.5 Å². The molecule has 3 nitrogen and oxygen atoms in total. The van der Waals surface area contributed by atoms with Crippen LogP contribution in [-0.2, 0) is 0 Å². The fourth-order valence-corrected chi connectivity index (χ4v) is 1.83. The molecular weight excluding hydrogens is 229 g/mol. The summed E-state index contributed by atoms with van der Waals surface area (Å²) in [6.07, 6.45) is 4.03. The van der Waals surface area contributed by atoms with Gasteiger partial charge in [-0.15, -0.1) is 0 Å². The largest absolute Gasteiger partial charge is 0.355 e. The number of nitrogens with one attached hydrogen (secondary N) is 1. The van der Waals surface area contributed by atoms with E-state index in [1.54, 1.807) is 16.7 Å². The summed E-state index contributed by atoms with van der Waals surface area (Å²) in [5.74, 6) is 0.458. The van der Waals surface area contributed by atoms with Crippen LogP contribution in [0.4, 0.5) is 10.3 Å². The zero-order chi connectivity index (χ0) is 13.0. The number of hydrogen-bond donors (Lipinski definition) is 1. The standard InChI is InChI=1S/C14H18FN3/c1-3-4-9-16-14-17-11(2)10-18(14)13-8-6-5-7-12(13)15/h5-8,10H,3-4,9H2,1-2H3,(H,16,17). The first-order valence-corrected chi connectivity index (χ1v) is 6.27. The first kappa shape index (κ1) is 12.6. The molecule has 0 amide bonds. The summed E-state index contributed by atoms with van der Waals surface area (Å²) in [4.78, 5) is 4.39. The molecule has 2 rings (SSSR count). The quantitative estimate of drug-likeness (QED) is 0.819. The molecule has 0 unspecified atom stereocenters. The van der Waals surface area contributed by atoms with Crippen LogP contribution < -0.4 is 5.32 Å². The van der Waals surface area contributed by atoms with Gasteiger partial charge in [0.25, 0.3) is 0 Å². The second-order valence-electron chi connectivity index (χ2n) is 4.31. The van der Waals surface area contributed by atoms with E-state index in [2.05, 4.69) is 17.2 Å². The molecule has 1 aromatic heterocycles. The zero-order valence-electron chi connectivity index (χ0n) is 10.8. The number of benzene rings is 1. The number of para-hydroxylation sites is 1. The molecule has 96 valence electrons. The number of rotatable bonds is 5. The molecule has 0 fully saturated rings. The lowest BCUT2D eigenvalue weighted by molar-refractivity contribution is 0.618. The molecule has 0 bridgehead atoms. The molecule has 2 aromatic rings. The summed E-state index contributed by atoms with van der Waals surface area (Å²) >= 11 is 0. The third-order valence-electron chi connectivity index (χ3n) is 2.75. The van der Waals surface area contributed by atoms with Gasteiger partial charge in [-0.1, -0.05) is 25.5 Å². The SMILES string of the molecule is CCCCNc1nc(C)cn1-c1ccccc1F. The Balaban J connectivity index is 2.30. The van der Waals surface area contributed by atoms with Gasteiger partial charge in [-0.2, -0.15) is 0 Å². The Morgan fingerprint density at radius 1 is 1.33 bits per heavy atom. The number of nitrogens with zero attached hydrogens (tertiary/aromatic N) is 2. The first-order chi connectivity index (χ1) is 8.72. The van der Waals surface area contributed by atoms with Crippen LogP contribution in [0.25, 0.3) is 5.69 Å². The van der Waals surface area contributed by atoms with Crippen molar-refractivity contribution in [2.75, 3.05) is 11.9 Å². The molecule has 0 saturated heterocycles. The van der Waals surface area contributed by atoms with Crippen molar-refractivity contribution in [3.63, 3.8) is 0 Å². The topological polar surface area (TPSA) is 29.9 Å².